The molecule has 0 spiro atoms. The lowest BCUT2D eigenvalue weighted by Gasteiger charge is -2.26. The number of guanidine groups is 1. The normalized spacial score (nSPS) is 17.0. The van der Waals surface area contributed by atoms with Gasteiger partial charge in [0.25, 0.3) is 0 Å². The highest BCUT2D eigenvalue weighted by Crippen LogP contribution is 2.19. The fourth-order valence-corrected chi connectivity index (χ4v) is 2.75. The Morgan fingerprint density at radius 3 is 2.67 bits per heavy atom. The maximum atomic E-state index is 6.06. The summed E-state index contributed by atoms with van der Waals surface area (Å²) in [4.78, 5) is 7.13. The molecule has 2 N–H and O–H groups in total. The lowest BCUT2D eigenvalue weighted by Crippen LogP contribution is -2.44. The Kier molecular flexibility index (Phi) is 9.42. The summed E-state index contributed by atoms with van der Waals surface area (Å²) in [6.07, 6.45) is 0. The first kappa shape index (κ1) is 21.5. The lowest BCUT2D eigenvalue weighted by molar-refractivity contribution is 0.0322. The topological polar surface area (TPSA) is 58.1 Å². The summed E-state index contributed by atoms with van der Waals surface area (Å²) >= 11 is 0. The van der Waals surface area contributed by atoms with Gasteiger partial charge in [0.2, 0.25) is 0 Å². The van der Waals surface area contributed by atoms with E-state index in [-0.39, 0.29) is 0 Å². The molecule has 6 nitrogen and oxygen atoms in total. The zero-order valence-corrected chi connectivity index (χ0v) is 17.3. The van der Waals surface area contributed by atoms with Gasteiger partial charge in [0.1, 0.15) is 12.4 Å². The van der Waals surface area contributed by atoms with Gasteiger partial charge in [-0.15, -0.1) is 0 Å². The van der Waals surface area contributed by atoms with E-state index in [9.17, 15) is 0 Å². The van der Waals surface area contributed by atoms with E-state index >= 15 is 0 Å². The number of ether oxygens (including phenoxy) is 2. The summed E-state index contributed by atoms with van der Waals surface area (Å²) in [5, 5.41) is 6.80. The first-order chi connectivity index (χ1) is 13.1. The van der Waals surface area contributed by atoms with Crippen LogP contribution in [0.5, 0.6) is 5.75 Å². The van der Waals surface area contributed by atoms with Crippen molar-refractivity contribution in [1.82, 2.24) is 15.5 Å². The largest absolute Gasteiger partial charge is 0.492 e. The molecular weight excluding hydrogens is 340 g/mol. The van der Waals surface area contributed by atoms with Crippen molar-refractivity contribution >= 4 is 5.96 Å². The molecule has 0 aliphatic carbocycles. The summed E-state index contributed by atoms with van der Waals surface area (Å²) in [6.45, 7) is 15.3. The zero-order valence-electron chi connectivity index (χ0n) is 17.3. The van der Waals surface area contributed by atoms with Crippen molar-refractivity contribution in [3.63, 3.8) is 0 Å². The first-order valence-corrected chi connectivity index (χ1v) is 10.2. The van der Waals surface area contributed by atoms with Crippen molar-refractivity contribution in [2.45, 2.75) is 40.3 Å². The summed E-state index contributed by atoms with van der Waals surface area (Å²) < 4.78 is 11.4. The fourth-order valence-electron chi connectivity index (χ4n) is 2.75. The molecule has 1 fully saturated rings. The van der Waals surface area contributed by atoms with Crippen molar-refractivity contribution in [1.29, 1.82) is 0 Å². The quantitative estimate of drug-likeness (QED) is 0.512. The van der Waals surface area contributed by atoms with E-state index in [1.165, 1.54) is 0 Å². The van der Waals surface area contributed by atoms with E-state index in [0.717, 1.165) is 56.7 Å². The van der Waals surface area contributed by atoms with E-state index in [4.69, 9.17) is 14.5 Å². The SMILES string of the molecule is CCNC(=NCc1ccccc1OCCN1CCOCC1)NC(C)C(C)C. The fraction of sp³-hybridized carbons (Fsp3) is 0.667. The molecule has 1 aliphatic rings. The van der Waals surface area contributed by atoms with Crippen molar-refractivity contribution < 1.29 is 9.47 Å². The number of hydrogen-bond donors (Lipinski definition) is 2. The van der Waals surface area contributed by atoms with Crippen molar-refractivity contribution in [2.75, 3.05) is 46.0 Å². The minimum absolute atomic E-state index is 0.364. The lowest BCUT2D eigenvalue weighted by atomic mass is 10.1. The zero-order chi connectivity index (χ0) is 19.5. The van der Waals surface area contributed by atoms with E-state index in [2.05, 4.69) is 49.3 Å². The van der Waals surface area contributed by atoms with Crippen LogP contribution in [0.15, 0.2) is 29.3 Å². The van der Waals surface area contributed by atoms with Crippen LogP contribution in [0.3, 0.4) is 0 Å². The minimum atomic E-state index is 0.364. The van der Waals surface area contributed by atoms with Crippen LogP contribution in [-0.2, 0) is 11.3 Å². The van der Waals surface area contributed by atoms with Gasteiger partial charge in [0.15, 0.2) is 5.96 Å². The number of hydrogen-bond acceptors (Lipinski definition) is 4. The molecule has 1 unspecified atom stereocenters. The molecule has 0 amide bonds. The van der Waals surface area contributed by atoms with Gasteiger partial charge in [-0.3, -0.25) is 4.90 Å². The standard InChI is InChI=1S/C21H36N4O2/c1-5-22-21(24-18(4)17(2)3)23-16-19-8-6-7-9-20(19)27-15-12-25-10-13-26-14-11-25/h6-9,17-18H,5,10-16H2,1-4H3,(H2,22,23,24). The molecule has 27 heavy (non-hydrogen) atoms. The molecule has 0 bridgehead atoms. The molecule has 0 aromatic heterocycles. The molecular formula is C21H36N4O2. The average Bonchev–Trinajstić information content (AvgIpc) is 2.68. The first-order valence-electron chi connectivity index (χ1n) is 10.2. The van der Waals surface area contributed by atoms with Crippen LogP contribution in [-0.4, -0.2) is 62.9 Å². The summed E-state index contributed by atoms with van der Waals surface area (Å²) in [5.74, 6) is 2.31. The second-order valence-corrected chi connectivity index (χ2v) is 7.28. The highest BCUT2D eigenvalue weighted by molar-refractivity contribution is 5.80. The van der Waals surface area contributed by atoms with E-state index < -0.39 is 0 Å². The Morgan fingerprint density at radius 1 is 1.22 bits per heavy atom. The molecule has 1 heterocycles. The molecule has 0 saturated carbocycles. The van der Waals surface area contributed by atoms with Crippen molar-refractivity contribution in [3.8, 4) is 5.75 Å². The second kappa shape index (κ2) is 11.8. The molecule has 1 aromatic rings. The van der Waals surface area contributed by atoms with E-state index in [1.54, 1.807) is 0 Å². The maximum absolute atomic E-state index is 6.06. The molecule has 1 saturated heterocycles. The third-order valence-electron chi connectivity index (χ3n) is 4.86. The summed E-state index contributed by atoms with van der Waals surface area (Å²) in [5.41, 5.74) is 1.11. The molecule has 1 aliphatic heterocycles. The van der Waals surface area contributed by atoms with E-state index in [1.807, 2.05) is 18.2 Å². The van der Waals surface area contributed by atoms with Crippen LogP contribution in [0, 0.1) is 5.92 Å². The number of aliphatic imine (C=N–C) groups is 1. The number of nitrogens with one attached hydrogen (secondary N) is 2. The minimum Gasteiger partial charge on any atom is -0.492 e. The van der Waals surface area contributed by atoms with Gasteiger partial charge < -0.3 is 20.1 Å². The molecule has 6 heteroatoms. The predicted molar refractivity (Wildman–Crippen MR) is 111 cm³/mol. The average molecular weight is 377 g/mol. The van der Waals surface area contributed by atoms with Crippen molar-refractivity contribution in [3.05, 3.63) is 29.8 Å². The van der Waals surface area contributed by atoms with Gasteiger partial charge >= 0.3 is 0 Å². The summed E-state index contributed by atoms with van der Waals surface area (Å²) in [7, 11) is 0. The smallest absolute Gasteiger partial charge is 0.191 e. The second-order valence-electron chi connectivity index (χ2n) is 7.28. The maximum Gasteiger partial charge on any atom is 0.191 e. The third-order valence-corrected chi connectivity index (χ3v) is 4.86. The molecule has 152 valence electrons. The van der Waals surface area contributed by atoms with Crippen LogP contribution >= 0.6 is 0 Å². The number of morpholine rings is 1. The Balaban J connectivity index is 1.92. The molecule has 0 radical (unpaired) electrons. The Hall–Kier alpha value is -1.79. The third kappa shape index (κ3) is 7.77. The number of para-hydroxylation sites is 1. The van der Waals surface area contributed by atoms with Gasteiger partial charge in [-0.1, -0.05) is 32.0 Å². The number of benzene rings is 1. The highest BCUT2D eigenvalue weighted by atomic mass is 16.5. The highest BCUT2D eigenvalue weighted by Gasteiger charge is 2.11. The van der Waals surface area contributed by atoms with Crippen molar-refractivity contribution in [2.24, 2.45) is 10.9 Å². The van der Waals surface area contributed by atoms with Gasteiger partial charge in [0.05, 0.1) is 19.8 Å². The Morgan fingerprint density at radius 2 is 1.96 bits per heavy atom. The van der Waals surface area contributed by atoms with E-state index in [0.29, 0.717) is 25.1 Å². The van der Waals surface area contributed by atoms with Crippen LogP contribution in [0.25, 0.3) is 0 Å². The van der Waals surface area contributed by atoms with Gasteiger partial charge in [-0.05, 0) is 25.8 Å². The molecule has 1 atom stereocenters. The Labute approximate surface area is 164 Å². The van der Waals surface area contributed by atoms with Crippen LogP contribution < -0.4 is 15.4 Å². The van der Waals surface area contributed by atoms with Gasteiger partial charge in [-0.25, -0.2) is 4.99 Å². The molecule has 1 aromatic carbocycles. The monoisotopic (exact) mass is 376 g/mol. The van der Waals surface area contributed by atoms with Crippen LogP contribution in [0.1, 0.15) is 33.3 Å². The number of nitrogens with zero attached hydrogens (tertiary/aromatic N) is 2. The van der Waals surface area contributed by atoms with Crippen LogP contribution in [0.4, 0.5) is 0 Å². The number of rotatable bonds is 9. The predicted octanol–water partition coefficient (Wildman–Crippen LogP) is 2.50. The van der Waals surface area contributed by atoms with Gasteiger partial charge in [-0.2, -0.15) is 0 Å². The van der Waals surface area contributed by atoms with Crippen LogP contribution in [0.2, 0.25) is 0 Å². The summed E-state index contributed by atoms with van der Waals surface area (Å²) in [6, 6.07) is 8.53. The van der Waals surface area contributed by atoms with Gasteiger partial charge in [0, 0.05) is 37.8 Å². The Bertz CT molecular complexity index is 571. The molecule has 2 rings (SSSR count).